The van der Waals surface area contributed by atoms with Gasteiger partial charge in [0.15, 0.2) is 0 Å². The first-order chi connectivity index (χ1) is 31.3. The van der Waals surface area contributed by atoms with E-state index in [1.54, 1.807) is 6.07 Å². The fourth-order valence-corrected chi connectivity index (χ4v) is 9.56. The minimum atomic E-state index is -2.33. The van der Waals surface area contributed by atoms with Crippen LogP contribution >= 0.6 is 0 Å². The van der Waals surface area contributed by atoms with Crippen molar-refractivity contribution in [1.29, 1.82) is 0 Å². The number of benzene rings is 6. The van der Waals surface area contributed by atoms with E-state index in [4.69, 9.17) is 16.3 Å². The van der Waals surface area contributed by atoms with E-state index in [2.05, 4.69) is 111 Å². The van der Waals surface area contributed by atoms with Crippen molar-refractivity contribution in [1.82, 2.24) is 14.5 Å². The molecule has 9 rings (SSSR count). The minimum Gasteiger partial charge on any atom is -0.501 e. The number of aryl methyl sites for hydroxylation is 1. The first kappa shape index (κ1) is 38.3. The van der Waals surface area contributed by atoms with Gasteiger partial charge < -0.3 is 14.0 Å². The Bertz CT molecular complexity index is 3160. The van der Waals surface area contributed by atoms with Crippen LogP contribution < -0.4 is 5.19 Å². The number of furan rings is 1. The normalized spacial score (nSPS) is 13.4. The molecule has 0 spiro atoms. The van der Waals surface area contributed by atoms with Crippen LogP contribution in [0.4, 0.5) is 0 Å². The number of rotatable bonds is 9. The molecule has 0 fully saturated rings. The van der Waals surface area contributed by atoms with Crippen molar-refractivity contribution in [2.24, 2.45) is 5.92 Å². The number of nitrogens with zero attached hydrogens (tertiary/aromatic N) is 3. The fourth-order valence-electron chi connectivity index (χ4n) is 8.16. The Hall–Kier alpha value is -5.39. The maximum atomic E-state index is 8.55. The monoisotopic (exact) mass is 1010 g/mol. The standard InChI is InChI=1S/C38H33N2O.C18H24NSi.Ir/c1-23(2)30-21-27(26-13-7-6-8-14-26)22-31(24(3)4)36(30)40-33-17-11-10-16-32(33)39-38(40)29-20-19-25(5)35-28-15-9-12-18-34(28)41-37(29)35;1-14(2)11-16-12-17(15-9-7-6-8-10-15)19-13-18(16)20(3,4)5;/h6-19,21-24H,1-5H3;6-9,12-14H,11H2,1-5H3;/q2*-1;/i5D3;11D2;. The molecule has 3 aromatic heterocycles. The molecule has 62 heavy (non-hydrogen) atoms. The fraction of sp³-hybridized carbons (Fsp3) is 0.250. The van der Waals surface area contributed by atoms with Crippen LogP contribution in [0.15, 0.2) is 138 Å². The largest absolute Gasteiger partial charge is 0.501 e. The van der Waals surface area contributed by atoms with E-state index in [0.717, 1.165) is 44.1 Å². The number of imidazole rings is 1. The van der Waals surface area contributed by atoms with Gasteiger partial charge in [-0.25, -0.2) is 0 Å². The summed E-state index contributed by atoms with van der Waals surface area (Å²) in [4.78, 5) is 9.77. The molecule has 9 aromatic rings. The molecular formula is C56H57IrN3OSi-2. The third-order valence-corrected chi connectivity index (χ3v) is 13.1. The van der Waals surface area contributed by atoms with E-state index >= 15 is 0 Å². The van der Waals surface area contributed by atoms with Crippen molar-refractivity contribution in [3.05, 3.63) is 168 Å². The molecule has 0 saturated heterocycles. The van der Waals surface area contributed by atoms with Crippen molar-refractivity contribution in [3.8, 4) is 39.5 Å². The third-order valence-electron chi connectivity index (χ3n) is 11.1. The molecule has 0 bridgehead atoms. The summed E-state index contributed by atoms with van der Waals surface area (Å²) in [5, 5.41) is 2.45. The second kappa shape index (κ2) is 18.5. The molecule has 6 aromatic carbocycles. The zero-order valence-corrected chi connectivity index (χ0v) is 40.4. The Morgan fingerprint density at radius 1 is 0.774 bits per heavy atom. The minimum absolute atomic E-state index is 0. The van der Waals surface area contributed by atoms with E-state index in [-0.39, 0.29) is 43.4 Å². The van der Waals surface area contributed by atoms with Gasteiger partial charge in [-0.15, -0.1) is 53.6 Å². The van der Waals surface area contributed by atoms with E-state index in [1.807, 2.05) is 98.9 Å². The van der Waals surface area contributed by atoms with E-state index in [9.17, 15) is 0 Å². The molecule has 0 N–H and O–H groups in total. The van der Waals surface area contributed by atoms with Gasteiger partial charge in [0.1, 0.15) is 5.58 Å². The molecule has 0 aliphatic carbocycles. The molecule has 0 amide bonds. The van der Waals surface area contributed by atoms with Gasteiger partial charge in [0.25, 0.3) is 0 Å². The number of fused-ring (bicyclic) bond motifs is 4. The summed E-state index contributed by atoms with van der Waals surface area (Å²) in [6.07, 6.45) is 0.528. The second-order valence-electron chi connectivity index (χ2n) is 17.8. The van der Waals surface area contributed by atoms with Crippen LogP contribution in [0.1, 0.15) is 82.5 Å². The summed E-state index contributed by atoms with van der Waals surface area (Å²) in [7, 11) is -1.67. The predicted octanol–water partition coefficient (Wildman–Crippen LogP) is 14.9. The number of aromatic nitrogens is 3. The number of hydrogen-bond donors (Lipinski definition) is 0. The topological polar surface area (TPSA) is 43.9 Å². The quantitative estimate of drug-likeness (QED) is 0.107. The first-order valence-electron chi connectivity index (χ1n) is 23.8. The van der Waals surface area contributed by atoms with Gasteiger partial charge in [-0.1, -0.05) is 151 Å². The summed E-state index contributed by atoms with van der Waals surface area (Å²) >= 11 is 0. The van der Waals surface area contributed by atoms with Crippen LogP contribution in [-0.2, 0) is 26.5 Å². The Morgan fingerprint density at radius 2 is 1.45 bits per heavy atom. The first-order valence-corrected chi connectivity index (χ1v) is 24.8. The van der Waals surface area contributed by atoms with Crippen molar-refractivity contribution >= 4 is 46.2 Å². The van der Waals surface area contributed by atoms with Gasteiger partial charge in [-0.05, 0) is 87.6 Å². The van der Waals surface area contributed by atoms with Gasteiger partial charge in [0.2, 0.25) is 0 Å². The molecule has 4 nitrogen and oxygen atoms in total. The van der Waals surface area contributed by atoms with Gasteiger partial charge in [-0.2, -0.15) is 0 Å². The molecule has 0 atom stereocenters. The smallest absolute Gasteiger partial charge is 0.120 e. The molecular weight excluding hydrogens is 951 g/mol. The van der Waals surface area contributed by atoms with Crippen molar-refractivity contribution in [3.63, 3.8) is 0 Å². The predicted molar refractivity (Wildman–Crippen MR) is 261 cm³/mol. The van der Waals surface area contributed by atoms with E-state index in [1.165, 1.54) is 22.3 Å². The van der Waals surface area contributed by atoms with Crippen LogP contribution in [0.5, 0.6) is 0 Å². The molecule has 0 aliphatic heterocycles. The summed E-state index contributed by atoms with van der Waals surface area (Å²) in [5.41, 5.74) is 12.2. The number of para-hydroxylation sites is 3. The SMILES string of the molecule is [2H]C([2H])([2H])c1c[c-]c(-c2nc3ccccc3n2-c2c(C(C)C)cc(-c3ccccc3)cc2C(C)C)c2oc3ccccc3c12.[2H]C([2H])(c1cc(-c2[c-]cccc2)ncc1[Si](C)(C)C)C(C)C.[Ir]. The van der Waals surface area contributed by atoms with Gasteiger partial charge in [-0.3, -0.25) is 4.98 Å². The Balaban J connectivity index is 0.000000245. The zero-order valence-electron chi connectivity index (χ0n) is 42.0. The van der Waals surface area contributed by atoms with E-state index in [0.29, 0.717) is 27.9 Å². The van der Waals surface area contributed by atoms with Crippen LogP contribution in [0.2, 0.25) is 19.6 Å². The van der Waals surface area contributed by atoms with Gasteiger partial charge in [0.05, 0.1) is 30.5 Å². The summed E-state index contributed by atoms with van der Waals surface area (Å²) in [6.45, 7) is 17.1. The Morgan fingerprint density at radius 3 is 2.11 bits per heavy atom. The van der Waals surface area contributed by atoms with Gasteiger partial charge in [0, 0.05) is 44.2 Å². The third kappa shape index (κ3) is 8.92. The van der Waals surface area contributed by atoms with Crippen LogP contribution in [0.3, 0.4) is 0 Å². The molecule has 1 radical (unpaired) electrons. The molecule has 0 unspecified atom stereocenters. The summed E-state index contributed by atoms with van der Waals surface area (Å²) < 4.78 is 50.7. The summed E-state index contributed by atoms with van der Waals surface area (Å²) in [5.74, 6) is 1.02. The molecule has 0 aliphatic rings. The van der Waals surface area contributed by atoms with Crippen LogP contribution in [-0.4, -0.2) is 22.6 Å². The molecule has 317 valence electrons. The summed E-state index contributed by atoms with van der Waals surface area (Å²) in [6, 6.07) is 48.6. The molecule has 3 heterocycles. The Kier molecular flexibility index (Phi) is 11.4. The molecule has 6 heteroatoms. The maximum Gasteiger partial charge on any atom is 0.120 e. The van der Waals surface area contributed by atoms with Crippen molar-refractivity contribution in [2.45, 2.75) is 86.2 Å². The Labute approximate surface area is 389 Å². The number of pyridine rings is 1. The van der Waals surface area contributed by atoms with Crippen molar-refractivity contribution in [2.75, 3.05) is 0 Å². The zero-order chi connectivity index (χ0) is 47.3. The molecule has 0 saturated carbocycles. The van der Waals surface area contributed by atoms with E-state index < -0.39 is 21.3 Å². The van der Waals surface area contributed by atoms with Crippen molar-refractivity contribution < 1.29 is 31.4 Å². The van der Waals surface area contributed by atoms with Crippen LogP contribution in [0.25, 0.3) is 72.4 Å². The maximum absolute atomic E-state index is 8.55. The van der Waals surface area contributed by atoms with Crippen LogP contribution in [0, 0.1) is 24.9 Å². The number of hydrogen-bond acceptors (Lipinski definition) is 3. The average Bonchev–Trinajstić information content (AvgIpc) is 3.87. The second-order valence-corrected chi connectivity index (χ2v) is 22.8. The van der Waals surface area contributed by atoms with Gasteiger partial charge >= 0.3 is 0 Å². The average molecular weight is 1010 g/mol.